The van der Waals surface area contributed by atoms with Gasteiger partial charge < -0.3 is 10.1 Å². The van der Waals surface area contributed by atoms with Gasteiger partial charge in [0, 0.05) is 25.2 Å². The van der Waals surface area contributed by atoms with E-state index >= 15 is 0 Å². The molecule has 21 heavy (non-hydrogen) atoms. The zero-order valence-electron chi connectivity index (χ0n) is 14.8. The van der Waals surface area contributed by atoms with Gasteiger partial charge in [0.15, 0.2) is 0 Å². The molecular weight excluding hydrogens is 260 g/mol. The second kappa shape index (κ2) is 7.43. The minimum absolute atomic E-state index is 0.00781. The maximum atomic E-state index is 6.10. The first kappa shape index (κ1) is 17.2. The van der Waals surface area contributed by atoms with E-state index in [1.807, 2.05) is 0 Å². The summed E-state index contributed by atoms with van der Waals surface area (Å²) in [5, 5.41) is 3.82. The second-order valence-electron chi connectivity index (χ2n) is 7.83. The summed E-state index contributed by atoms with van der Waals surface area (Å²) in [6.45, 7) is 14.6. The predicted molar refractivity (Wildman–Crippen MR) is 89.7 cm³/mol. The van der Waals surface area contributed by atoms with Crippen molar-refractivity contribution < 1.29 is 4.74 Å². The number of hydrogen-bond donors (Lipinski definition) is 1. The lowest BCUT2D eigenvalue weighted by atomic mass is 9.79. The molecule has 0 bridgehead atoms. The molecule has 2 fully saturated rings. The Labute approximate surface area is 131 Å². The van der Waals surface area contributed by atoms with Crippen molar-refractivity contribution in [3.63, 3.8) is 0 Å². The number of hydrogen-bond acceptors (Lipinski definition) is 3. The number of nitrogens with zero attached hydrogens (tertiary/aromatic N) is 1. The van der Waals surface area contributed by atoms with Crippen molar-refractivity contribution in [3.8, 4) is 0 Å². The monoisotopic (exact) mass is 296 g/mol. The van der Waals surface area contributed by atoms with Crippen LogP contribution in [0.25, 0.3) is 0 Å². The standard InChI is InChI=1S/C18H36N2O/c1-6-10-19-16-9-8-15(7-2)11-17(16)20-12-14(3)21-18(4,5)13-20/h14-17,19H,6-13H2,1-5H3. The van der Waals surface area contributed by atoms with Crippen LogP contribution in [-0.4, -0.2) is 48.3 Å². The van der Waals surface area contributed by atoms with Gasteiger partial charge in [-0.05, 0) is 58.9 Å². The summed E-state index contributed by atoms with van der Waals surface area (Å²) < 4.78 is 6.10. The zero-order valence-corrected chi connectivity index (χ0v) is 14.8. The van der Waals surface area contributed by atoms with Crippen LogP contribution in [0.1, 0.15) is 66.7 Å². The highest BCUT2D eigenvalue weighted by atomic mass is 16.5. The molecule has 0 amide bonds. The molecule has 1 saturated heterocycles. The molecule has 124 valence electrons. The van der Waals surface area contributed by atoms with Crippen LogP contribution in [-0.2, 0) is 4.74 Å². The highest BCUT2D eigenvalue weighted by Crippen LogP contribution is 2.33. The third-order valence-electron chi connectivity index (χ3n) is 5.22. The van der Waals surface area contributed by atoms with Gasteiger partial charge in [-0.1, -0.05) is 20.3 Å². The van der Waals surface area contributed by atoms with E-state index in [1.54, 1.807) is 0 Å². The van der Waals surface area contributed by atoms with Crippen LogP contribution in [0, 0.1) is 5.92 Å². The minimum atomic E-state index is -0.00781. The normalized spacial score (nSPS) is 37.6. The molecule has 1 aliphatic carbocycles. The molecule has 4 atom stereocenters. The quantitative estimate of drug-likeness (QED) is 0.841. The molecule has 0 aromatic heterocycles. The summed E-state index contributed by atoms with van der Waals surface area (Å²) >= 11 is 0. The molecule has 0 spiro atoms. The lowest BCUT2D eigenvalue weighted by molar-refractivity contribution is -0.144. The van der Waals surface area contributed by atoms with Crippen molar-refractivity contribution in [2.45, 2.75) is 90.5 Å². The smallest absolute Gasteiger partial charge is 0.0757 e. The van der Waals surface area contributed by atoms with Crippen LogP contribution in [0.2, 0.25) is 0 Å². The van der Waals surface area contributed by atoms with E-state index in [9.17, 15) is 0 Å². The van der Waals surface area contributed by atoms with E-state index in [-0.39, 0.29) is 5.60 Å². The van der Waals surface area contributed by atoms with Gasteiger partial charge >= 0.3 is 0 Å². The van der Waals surface area contributed by atoms with E-state index < -0.39 is 0 Å². The molecule has 0 aromatic carbocycles. The van der Waals surface area contributed by atoms with Crippen molar-refractivity contribution in [1.29, 1.82) is 0 Å². The predicted octanol–water partition coefficient (Wildman–Crippen LogP) is 3.43. The van der Waals surface area contributed by atoms with Gasteiger partial charge in [0.25, 0.3) is 0 Å². The Kier molecular flexibility index (Phi) is 6.10. The van der Waals surface area contributed by atoms with Crippen molar-refractivity contribution in [1.82, 2.24) is 10.2 Å². The SMILES string of the molecule is CCCNC1CCC(CC)CC1N1CC(C)OC(C)(C)C1. The van der Waals surface area contributed by atoms with Gasteiger partial charge in [-0.15, -0.1) is 0 Å². The Morgan fingerprint density at radius 2 is 2.00 bits per heavy atom. The Balaban J connectivity index is 2.06. The number of nitrogens with one attached hydrogen (secondary N) is 1. The fraction of sp³-hybridized carbons (Fsp3) is 1.00. The molecular formula is C18H36N2O. The van der Waals surface area contributed by atoms with E-state index in [0.29, 0.717) is 18.2 Å². The average Bonchev–Trinajstić information content (AvgIpc) is 2.42. The van der Waals surface area contributed by atoms with Crippen molar-refractivity contribution in [2.75, 3.05) is 19.6 Å². The first-order valence-electron chi connectivity index (χ1n) is 9.10. The molecule has 1 aliphatic heterocycles. The molecule has 0 aromatic rings. The van der Waals surface area contributed by atoms with Crippen LogP contribution in [0.5, 0.6) is 0 Å². The fourth-order valence-corrected chi connectivity index (χ4v) is 4.33. The summed E-state index contributed by atoms with van der Waals surface area (Å²) in [5.41, 5.74) is -0.00781. The average molecular weight is 296 g/mol. The Bertz CT molecular complexity index is 318. The van der Waals surface area contributed by atoms with Gasteiger partial charge in [0.2, 0.25) is 0 Å². The molecule has 1 heterocycles. The summed E-state index contributed by atoms with van der Waals surface area (Å²) in [5.74, 6) is 0.913. The summed E-state index contributed by atoms with van der Waals surface area (Å²) in [7, 11) is 0. The van der Waals surface area contributed by atoms with Gasteiger partial charge in [-0.25, -0.2) is 0 Å². The first-order valence-corrected chi connectivity index (χ1v) is 9.10. The molecule has 1 N–H and O–H groups in total. The van der Waals surface area contributed by atoms with Crippen molar-refractivity contribution in [2.24, 2.45) is 5.92 Å². The molecule has 2 rings (SSSR count). The topological polar surface area (TPSA) is 24.5 Å². The van der Waals surface area contributed by atoms with Crippen molar-refractivity contribution in [3.05, 3.63) is 0 Å². The third kappa shape index (κ3) is 4.67. The second-order valence-corrected chi connectivity index (χ2v) is 7.83. The van der Waals surface area contributed by atoms with Crippen LogP contribution in [0.15, 0.2) is 0 Å². The van der Waals surface area contributed by atoms with Gasteiger partial charge in [-0.3, -0.25) is 4.90 Å². The van der Waals surface area contributed by atoms with Gasteiger partial charge in [0.05, 0.1) is 11.7 Å². The molecule has 2 aliphatic rings. The lowest BCUT2D eigenvalue weighted by Gasteiger charge is -2.49. The van der Waals surface area contributed by atoms with Gasteiger partial charge in [-0.2, -0.15) is 0 Å². The fourth-order valence-electron chi connectivity index (χ4n) is 4.33. The van der Waals surface area contributed by atoms with Crippen molar-refractivity contribution >= 4 is 0 Å². The molecule has 0 radical (unpaired) electrons. The van der Waals surface area contributed by atoms with Crippen LogP contribution < -0.4 is 5.32 Å². The summed E-state index contributed by atoms with van der Waals surface area (Å²) in [6.07, 6.45) is 7.02. The minimum Gasteiger partial charge on any atom is -0.370 e. The Hall–Kier alpha value is -0.120. The summed E-state index contributed by atoms with van der Waals surface area (Å²) in [4.78, 5) is 2.73. The number of rotatable bonds is 5. The molecule has 1 saturated carbocycles. The third-order valence-corrected chi connectivity index (χ3v) is 5.22. The lowest BCUT2D eigenvalue weighted by Crippen LogP contribution is -2.61. The van der Waals surface area contributed by atoms with E-state index in [4.69, 9.17) is 4.74 Å². The van der Waals surface area contributed by atoms with Gasteiger partial charge in [0.1, 0.15) is 0 Å². The Morgan fingerprint density at radius 1 is 1.24 bits per heavy atom. The van der Waals surface area contributed by atoms with Crippen LogP contribution in [0.3, 0.4) is 0 Å². The molecule has 3 nitrogen and oxygen atoms in total. The maximum absolute atomic E-state index is 6.10. The molecule has 4 unspecified atom stereocenters. The summed E-state index contributed by atoms with van der Waals surface area (Å²) in [6, 6.07) is 1.37. The van der Waals surface area contributed by atoms with Crippen LogP contribution >= 0.6 is 0 Å². The van der Waals surface area contributed by atoms with Crippen LogP contribution in [0.4, 0.5) is 0 Å². The number of morpholine rings is 1. The zero-order chi connectivity index (χ0) is 15.5. The van der Waals surface area contributed by atoms with E-state index in [0.717, 1.165) is 25.6 Å². The first-order chi connectivity index (χ1) is 9.95. The maximum Gasteiger partial charge on any atom is 0.0757 e. The Morgan fingerprint density at radius 3 is 2.62 bits per heavy atom. The number of ether oxygens (including phenoxy) is 1. The van der Waals surface area contributed by atoms with E-state index in [2.05, 4.69) is 44.8 Å². The van der Waals surface area contributed by atoms with E-state index in [1.165, 1.54) is 32.1 Å². The highest BCUT2D eigenvalue weighted by molar-refractivity contribution is 4.95. The molecule has 3 heteroatoms. The highest BCUT2D eigenvalue weighted by Gasteiger charge is 2.39. The largest absolute Gasteiger partial charge is 0.370 e.